The van der Waals surface area contributed by atoms with E-state index in [0.717, 1.165) is 4.90 Å². The number of methoxy groups -OCH3 is 1. The van der Waals surface area contributed by atoms with Crippen LogP contribution >= 0.6 is 0 Å². The van der Waals surface area contributed by atoms with Crippen LogP contribution in [0.3, 0.4) is 0 Å². The van der Waals surface area contributed by atoms with Gasteiger partial charge in [0.15, 0.2) is 5.82 Å². The number of nitrogens with zero attached hydrogens (tertiary/aromatic N) is 5. The topological polar surface area (TPSA) is 142 Å². The first-order valence-corrected chi connectivity index (χ1v) is 9.98. The van der Waals surface area contributed by atoms with Gasteiger partial charge in [-0.3, -0.25) is 9.88 Å². The molecule has 1 aliphatic carbocycles. The second kappa shape index (κ2) is 10.3. The Hall–Kier alpha value is -3.71. The molecule has 0 atom stereocenters. The molecule has 2 aromatic heterocycles. The zero-order valence-electron chi connectivity index (χ0n) is 17.5. The Morgan fingerprint density at radius 1 is 1.09 bits per heavy atom. The van der Waals surface area contributed by atoms with E-state index in [-0.39, 0.29) is 17.9 Å². The van der Waals surface area contributed by atoms with E-state index in [9.17, 15) is 22.8 Å². The largest absolute Gasteiger partial charge is 0.467 e. The zero-order valence-corrected chi connectivity index (χ0v) is 17.5. The summed E-state index contributed by atoms with van der Waals surface area (Å²) in [6, 6.07) is -1.56. The second-order valence-electron chi connectivity index (χ2n) is 7.32. The number of rotatable bonds is 6. The van der Waals surface area contributed by atoms with Crippen LogP contribution in [0.15, 0.2) is 24.8 Å². The van der Waals surface area contributed by atoms with Gasteiger partial charge in [0.1, 0.15) is 6.54 Å². The van der Waals surface area contributed by atoms with Gasteiger partial charge in [-0.2, -0.15) is 13.2 Å². The lowest BCUT2D eigenvalue weighted by Gasteiger charge is -2.36. The van der Waals surface area contributed by atoms with Crippen molar-refractivity contribution in [2.24, 2.45) is 0 Å². The summed E-state index contributed by atoms with van der Waals surface area (Å²) < 4.78 is 42.8. The van der Waals surface area contributed by atoms with Gasteiger partial charge < -0.3 is 20.5 Å². The Morgan fingerprint density at radius 2 is 1.76 bits per heavy atom. The van der Waals surface area contributed by atoms with E-state index in [1.807, 2.05) is 5.32 Å². The van der Waals surface area contributed by atoms with Crippen molar-refractivity contribution >= 4 is 17.9 Å². The molecule has 14 heteroatoms. The van der Waals surface area contributed by atoms with Crippen molar-refractivity contribution in [3.63, 3.8) is 0 Å². The van der Waals surface area contributed by atoms with Gasteiger partial charge in [0.2, 0.25) is 0 Å². The standard InChI is InChI=1S/C19H22F3N7O4/c1-33-16-25-6-11(7-26-16)14-8-24-15(9-23-14)29(17(30)27-10-19(20,21)22)13-4-2-12(3-5-13)28-18(31)32/h6-9,12-13,28H,2-5,10H2,1H3,(H,27,30)(H,31,32)/t12-,13-. The molecule has 11 nitrogen and oxygen atoms in total. The first kappa shape index (κ1) is 23.9. The van der Waals surface area contributed by atoms with Crippen molar-refractivity contribution in [3.8, 4) is 17.3 Å². The minimum Gasteiger partial charge on any atom is -0.467 e. The summed E-state index contributed by atoms with van der Waals surface area (Å²) in [6.07, 6.45) is 1.47. The van der Waals surface area contributed by atoms with Gasteiger partial charge >= 0.3 is 24.3 Å². The molecule has 3 amide bonds. The van der Waals surface area contributed by atoms with E-state index < -0.39 is 30.9 Å². The molecule has 0 unspecified atom stereocenters. The molecule has 2 heterocycles. The normalized spacial score (nSPS) is 18.3. The lowest BCUT2D eigenvalue weighted by Crippen LogP contribution is -2.51. The SMILES string of the molecule is COc1ncc(-c2cnc(N(C(=O)NCC(F)(F)F)[C@H]3CC[C@H](NC(=O)O)CC3)cn2)cn1. The first-order valence-electron chi connectivity index (χ1n) is 9.98. The number of alkyl halides is 3. The molecule has 0 aliphatic heterocycles. The van der Waals surface area contributed by atoms with E-state index in [1.54, 1.807) is 0 Å². The minimum atomic E-state index is -4.58. The van der Waals surface area contributed by atoms with E-state index in [0.29, 0.717) is 36.9 Å². The number of carbonyl (C=O) groups is 2. The quantitative estimate of drug-likeness (QED) is 0.586. The number of carboxylic acid groups (broad SMARTS) is 1. The summed E-state index contributed by atoms with van der Waals surface area (Å²) >= 11 is 0. The van der Waals surface area contributed by atoms with Crippen molar-refractivity contribution < 1.29 is 32.6 Å². The minimum absolute atomic E-state index is 0.0718. The number of hydrogen-bond donors (Lipinski definition) is 3. The summed E-state index contributed by atoms with van der Waals surface area (Å²) in [5.74, 6) is 0.0718. The van der Waals surface area contributed by atoms with Gasteiger partial charge in [0.25, 0.3) is 0 Å². The smallest absolute Gasteiger partial charge is 0.405 e. The maximum absolute atomic E-state index is 12.7. The third-order valence-electron chi connectivity index (χ3n) is 5.04. The molecule has 0 saturated heterocycles. The highest BCUT2D eigenvalue weighted by molar-refractivity contribution is 5.91. The van der Waals surface area contributed by atoms with Crippen LogP contribution in [0.2, 0.25) is 0 Å². The van der Waals surface area contributed by atoms with Crippen molar-refractivity contribution in [1.29, 1.82) is 0 Å². The van der Waals surface area contributed by atoms with Gasteiger partial charge in [-0.1, -0.05) is 0 Å². The van der Waals surface area contributed by atoms with Crippen molar-refractivity contribution in [3.05, 3.63) is 24.8 Å². The Morgan fingerprint density at radius 3 is 2.27 bits per heavy atom. The predicted molar refractivity (Wildman–Crippen MR) is 109 cm³/mol. The van der Waals surface area contributed by atoms with Crippen LogP contribution in [-0.4, -0.2) is 69.1 Å². The molecule has 3 N–H and O–H groups in total. The van der Waals surface area contributed by atoms with E-state index in [2.05, 4.69) is 25.3 Å². The van der Waals surface area contributed by atoms with Crippen LogP contribution in [-0.2, 0) is 0 Å². The zero-order chi connectivity index (χ0) is 24.0. The highest BCUT2D eigenvalue weighted by atomic mass is 19.4. The average Bonchev–Trinajstić information content (AvgIpc) is 2.79. The maximum atomic E-state index is 12.7. The summed E-state index contributed by atoms with van der Waals surface area (Å²) in [5, 5.41) is 13.1. The molecule has 0 bridgehead atoms. The number of halogens is 3. The predicted octanol–water partition coefficient (Wildman–Crippen LogP) is 2.60. The number of hydrogen-bond acceptors (Lipinski definition) is 7. The second-order valence-corrected chi connectivity index (χ2v) is 7.32. The summed E-state index contributed by atoms with van der Waals surface area (Å²) in [7, 11) is 1.42. The molecule has 33 heavy (non-hydrogen) atoms. The van der Waals surface area contributed by atoms with Gasteiger partial charge in [0, 0.05) is 30.0 Å². The Kier molecular flexibility index (Phi) is 7.45. The molecular formula is C19H22F3N7O4. The molecule has 0 aromatic carbocycles. The van der Waals surface area contributed by atoms with E-state index in [1.165, 1.54) is 31.9 Å². The fraction of sp³-hybridized carbons (Fsp3) is 0.474. The monoisotopic (exact) mass is 469 g/mol. The number of urea groups is 1. The van der Waals surface area contributed by atoms with Crippen LogP contribution in [0.1, 0.15) is 25.7 Å². The lowest BCUT2D eigenvalue weighted by molar-refractivity contribution is -0.122. The fourth-order valence-corrected chi connectivity index (χ4v) is 3.52. The lowest BCUT2D eigenvalue weighted by atomic mass is 9.90. The fourth-order valence-electron chi connectivity index (χ4n) is 3.52. The van der Waals surface area contributed by atoms with Gasteiger partial charge in [-0.25, -0.2) is 24.5 Å². The molecular weight excluding hydrogens is 447 g/mol. The number of aromatic nitrogens is 4. The van der Waals surface area contributed by atoms with Crippen molar-refractivity contribution in [2.75, 3.05) is 18.6 Å². The summed E-state index contributed by atoms with van der Waals surface area (Å²) in [4.78, 5) is 41.1. The molecule has 1 fully saturated rings. The summed E-state index contributed by atoms with van der Waals surface area (Å²) in [6.45, 7) is -1.49. The number of ether oxygens (including phenoxy) is 1. The Balaban J connectivity index is 1.79. The van der Waals surface area contributed by atoms with Crippen LogP contribution in [0, 0.1) is 0 Å². The van der Waals surface area contributed by atoms with Gasteiger partial charge in [-0.15, -0.1) is 0 Å². The number of amides is 3. The van der Waals surface area contributed by atoms with Crippen molar-refractivity contribution in [2.45, 2.75) is 43.9 Å². The number of anilines is 1. The molecule has 178 valence electrons. The van der Waals surface area contributed by atoms with Crippen molar-refractivity contribution in [1.82, 2.24) is 30.6 Å². The maximum Gasteiger partial charge on any atom is 0.405 e. The number of carbonyl (C=O) groups excluding carboxylic acids is 1. The third-order valence-corrected chi connectivity index (χ3v) is 5.04. The number of nitrogens with one attached hydrogen (secondary N) is 2. The van der Waals surface area contributed by atoms with Gasteiger partial charge in [-0.05, 0) is 25.7 Å². The van der Waals surface area contributed by atoms with Crippen LogP contribution < -0.4 is 20.3 Å². The van der Waals surface area contributed by atoms with Crippen LogP contribution in [0.4, 0.5) is 28.6 Å². The van der Waals surface area contributed by atoms with E-state index >= 15 is 0 Å². The van der Waals surface area contributed by atoms with E-state index in [4.69, 9.17) is 9.84 Å². The third kappa shape index (κ3) is 6.63. The highest BCUT2D eigenvalue weighted by Crippen LogP contribution is 2.28. The molecule has 1 saturated carbocycles. The Labute approximate surface area is 186 Å². The molecule has 0 spiro atoms. The molecule has 2 aromatic rings. The first-order chi connectivity index (χ1) is 15.7. The molecule has 0 radical (unpaired) electrons. The van der Waals surface area contributed by atoms with Gasteiger partial charge in [0.05, 0.1) is 25.2 Å². The molecule has 1 aliphatic rings. The van der Waals surface area contributed by atoms with Crippen LogP contribution in [0.25, 0.3) is 11.3 Å². The highest BCUT2D eigenvalue weighted by Gasteiger charge is 2.34. The Bertz CT molecular complexity index is 949. The van der Waals surface area contributed by atoms with Crippen LogP contribution in [0.5, 0.6) is 6.01 Å². The summed E-state index contributed by atoms with van der Waals surface area (Å²) in [5.41, 5.74) is 0.926. The molecule has 3 rings (SSSR count). The average molecular weight is 469 g/mol.